The van der Waals surface area contributed by atoms with Crippen molar-refractivity contribution in [3.05, 3.63) is 0 Å². The molecule has 88 valence electrons. The van der Waals surface area contributed by atoms with Crippen molar-refractivity contribution >= 4 is 5.91 Å². The minimum atomic E-state index is -0.332. The third kappa shape index (κ3) is 2.33. The second kappa shape index (κ2) is 4.12. The SMILES string of the molecule is CCC(C)(C)N(C)C(=O)C1(C)CCCN1. The van der Waals surface area contributed by atoms with E-state index in [0.29, 0.717) is 0 Å². The van der Waals surface area contributed by atoms with Gasteiger partial charge in [-0.15, -0.1) is 0 Å². The molecule has 1 atom stereocenters. The van der Waals surface area contributed by atoms with Crippen molar-refractivity contribution in [3.63, 3.8) is 0 Å². The number of hydrogen-bond acceptors (Lipinski definition) is 2. The van der Waals surface area contributed by atoms with Crippen LogP contribution < -0.4 is 5.32 Å². The molecular weight excluding hydrogens is 188 g/mol. The van der Waals surface area contributed by atoms with Crippen LogP contribution in [0, 0.1) is 0 Å². The van der Waals surface area contributed by atoms with Gasteiger partial charge in [0.2, 0.25) is 5.91 Å². The summed E-state index contributed by atoms with van der Waals surface area (Å²) in [5.41, 5.74) is -0.383. The van der Waals surface area contributed by atoms with Crippen LogP contribution in [0.15, 0.2) is 0 Å². The summed E-state index contributed by atoms with van der Waals surface area (Å²) < 4.78 is 0. The van der Waals surface area contributed by atoms with Crippen LogP contribution in [0.1, 0.15) is 47.0 Å². The van der Waals surface area contributed by atoms with Gasteiger partial charge in [0.05, 0.1) is 5.54 Å². The fourth-order valence-electron chi connectivity index (χ4n) is 1.96. The maximum atomic E-state index is 12.3. The summed E-state index contributed by atoms with van der Waals surface area (Å²) in [5.74, 6) is 0.229. The highest BCUT2D eigenvalue weighted by Gasteiger charge is 2.41. The summed E-state index contributed by atoms with van der Waals surface area (Å²) in [6.45, 7) is 9.33. The maximum absolute atomic E-state index is 12.3. The van der Waals surface area contributed by atoms with E-state index in [2.05, 4.69) is 26.1 Å². The number of hydrogen-bond donors (Lipinski definition) is 1. The summed E-state index contributed by atoms with van der Waals surface area (Å²) in [6.07, 6.45) is 3.03. The molecule has 1 unspecified atom stereocenters. The molecule has 3 nitrogen and oxygen atoms in total. The van der Waals surface area contributed by atoms with Gasteiger partial charge in [0.15, 0.2) is 0 Å². The fourth-order valence-corrected chi connectivity index (χ4v) is 1.96. The average molecular weight is 212 g/mol. The number of rotatable bonds is 3. The highest BCUT2D eigenvalue weighted by Crippen LogP contribution is 2.25. The zero-order valence-electron chi connectivity index (χ0n) is 10.7. The van der Waals surface area contributed by atoms with Gasteiger partial charge in [-0.3, -0.25) is 4.79 Å². The molecule has 0 radical (unpaired) electrons. The van der Waals surface area contributed by atoms with Crippen molar-refractivity contribution in [2.75, 3.05) is 13.6 Å². The second-order valence-corrected chi connectivity index (χ2v) is 5.39. The van der Waals surface area contributed by atoms with Gasteiger partial charge >= 0.3 is 0 Å². The third-order valence-corrected chi connectivity index (χ3v) is 3.92. The van der Waals surface area contributed by atoms with Gasteiger partial charge in [0, 0.05) is 12.6 Å². The molecule has 1 saturated heterocycles. The van der Waals surface area contributed by atoms with Crippen LogP contribution in [-0.2, 0) is 4.79 Å². The second-order valence-electron chi connectivity index (χ2n) is 5.39. The van der Waals surface area contributed by atoms with E-state index in [1.165, 1.54) is 0 Å². The Balaban J connectivity index is 2.76. The van der Waals surface area contributed by atoms with Crippen LogP contribution in [0.3, 0.4) is 0 Å². The molecule has 1 aliphatic rings. The highest BCUT2D eigenvalue weighted by molar-refractivity contribution is 5.86. The molecule has 0 saturated carbocycles. The summed E-state index contributed by atoms with van der Waals surface area (Å²) >= 11 is 0. The Morgan fingerprint density at radius 1 is 1.53 bits per heavy atom. The molecule has 3 heteroatoms. The maximum Gasteiger partial charge on any atom is 0.242 e. The normalized spacial score (nSPS) is 26.7. The lowest BCUT2D eigenvalue weighted by Gasteiger charge is -2.39. The van der Waals surface area contributed by atoms with E-state index < -0.39 is 0 Å². The van der Waals surface area contributed by atoms with E-state index in [-0.39, 0.29) is 17.0 Å². The summed E-state index contributed by atoms with van der Waals surface area (Å²) in [4.78, 5) is 14.2. The Kier molecular flexibility index (Phi) is 3.44. The first-order chi connectivity index (χ1) is 6.83. The van der Waals surface area contributed by atoms with Crippen molar-refractivity contribution in [2.45, 2.75) is 58.0 Å². The topological polar surface area (TPSA) is 32.3 Å². The Labute approximate surface area is 93.2 Å². The largest absolute Gasteiger partial charge is 0.339 e. The van der Waals surface area contributed by atoms with Crippen LogP contribution >= 0.6 is 0 Å². The number of carbonyl (C=O) groups is 1. The van der Waals surface area contributed by atoms with Crippen LogP contribution in [-0.4, -0.2) is 35.5 Å². The molecule has 0 bridgehead atoms. The zero-order chi connectivity index (χ0) is 11.7. The van der Waals surface area contributed by atoms with Gasteiger partial charge < -0.3 is 10.2 Å². The predicted molar refractivity (Wildman–Crippen MR) is 62.8 cm³/mol. The molecule has 0 spiro atoms. The van der Waals surface area contributed by atoms with E-state index in [4.69, 9.17) is 0 Å². The van der Waals surface area contributed by atoms with Crippen LogP contribution in [0.4, 0.5) is 0 Å². The molecule has 1 rings (SSSR count). The smallest absolute Gasteiger partial charge is 0.242 e. The zero-order valence-corrected chi connectivity index (χ0v) is 10.7. The number of nitrogens with one attached hydrogen (secondary N) is 1. The Morgan fingerprint density at radius 3 is 2.53 bits per heavy atom. The molecular formula is C12H24N2O. The predicted octanol–water partition coefficient (Wildman–Crippen LogP) is 1.78. The number of amides is 1. The lowest BCUT2D eigenvalue weighted by Crippen LogP contribution is -2.57. The van der Waals surface area contributed by atoms with Crippen molar-refractivity contribution in [1.82, 2.24) is 10.2 Å². The molecule has 1 aliphatic heterocycles. The van der Waals surface area contributed by atoms with Gasteiger partial charge in [-0.2, -0.15) is 0 Å². The van der Waals surface area contributed by atoms with E-state index in [1.807, 2.05) is 18.9 Å². The molecule has 1 fully saturated rings. The fraction of sp³-hybridized carbons (Fsp3) is 0.917. The Morgan fingerprint density at radius 2 is 2.13 bits per heavy atom. The van der Waals surface area contributed by atoms with E-state index in [9.17, 15) is 4.79 Å². The van der Waals surface area contributed by atoms with Gasteiger partial charge in [-0.05, 0) is 46.6 Å². The third-order valence-electron chi connectivity index (χ3n) is 3.92. The van der Waals surface area contributed by atoms with Gasteiger partial charge in [0.1, 0.15) is 0 Å². The molecule has 0 aliphatic carbocycles. The van der Waals surface area contributed by atoms with Crippen LogP contribution in [0.5, 0.6) is 0 Å². The van der Waals surface area contributed by atoms with Crippen LogP contribution in [0.2, 0.25) is 0 Å². The lowest BCUT2D eigenvalue weighted by atomic mass is 9.93. The summed E-state index contributed by atoms with van der Waals surface area (Å²) in [5, 5.41) is 3.32. The van der Waals surface area contributed by atoms with E-state index in [1.54, 1.807) is 0 Å². The average Bonchev–Trinajstić information content (AvgIpc) is 2.64. The van der Waals surface area contributed by atoms with Gasteiger partial charge in [-0.25, -0.2) is 0 Å². The Bertz CT molecular complexity index is 242. The van der Waals surface area contributed by atoms with Gasteiger partial charge in [0.25, 0.3) is 0 Å². The quantitative estimate of drug-likeness (QED) is 0.773. The lowest BCUT2D eigenvalue weighted by molar-refractivity contribution is -0.140. The first kappa shape index (κ1) is 12.5. The van der Waals surface area contributed by atoms with Crippen LogP contribution in [0.25, 0.3) is 0 Å². The summed E-state index contributed by atoms with van der Waals surface area (Å²) in [6, 6.07) is 0. The van der Waals surface area contributed by atoms with Crippen molar-refractivity contribution < 1.29 is 4.79 Å². The molecule has 0 aromatic carbocycles. The first-order valence-corrected chi connectivity index (χ1v) is 5.87. The molecule has 1 N–H and O–H groups in total. The van der Waals surface area contributed by atoms with E-state index in [0.717, 1.165) is 25.8 Å². The number of nitrogens with zero attached hydrogens (tertiary/aromatic N) is 1. The minimum Gasteiger partial charge on any atom is -0.339 e. The number of likely N-dealkylation sites (N-methyl/N-ethyl adjacent to an activating group) is 1. The Hall–Kier alpha value is -0.570. The van der Waals surface area contributed by atoms with Crippen molar-refractivity contribution in [1.29, 1.82) is 0 Å². The summed E-state index contributed by atoms with van der Waals surface area (Å²) in [7, 11) is 1.91. The highest BCUT2D eigenvalue weighted by atomic mass is 16.2. The van der Waals surface area contributed by atoms with Crippen molar-refractivity contribution in [2.24, 2.45) is 0 Å². The molecule has 0 aromatic rings. The van der Waals surface area contributed by atoms with E-state index >= 15 is 0 Å². The standard InChI is InChI=1S/C12H24N2O/c1-6-11(2,3)14(5)10(15)12(4)8-7-9-13-12/h13H,6-9H2,1-5H3. The van der Waals surface area contributed by atoms with Crippen molar-refractivity contribution in [3.8, 4) is 0 Å². The monoisotopic (exact) mass is 212 g/mol. The number of carbonyl (C=O) groups excluding carboxylic acids is 1. The van der Waals surface area contributed by atoms with Gasteiger partial charge in [-0.1, -0.05) is 6.92 Å². The first-order valence-electron chi connectivity index (χ1n) is 5.87. The molecule has 1 heterocycles. The minimum absolute atomic E-state index is 0.0512. The molecule has 1 amide bonds. The molecule has 15 heavy (non-hydrogen) atoms. The molecule has 0 aromatic heterocycles.